The molecule has 35 heavy (non-hydrogen) atoms. The van der Waals surface area contributed by atoms with E-state index in [1.807, 2.05) is 59.2 Å². The molecule has 1 aromatic heterocycles. The molecule has 0 fully saturated rings. The topological polar surface area (TPSA) is 81.4 Å². The number of hydrogen-bond donors (Lipinski definition) is 1. The van der Waals surface area contributed by atoms with Gasteiger partial charge in [0.2, 0.25) is 0 Å². The van der Waals surface area contributed by atoms with E-state index in [9.17, 15) is 4.79 Å². The Morgan fingerprint density at radius 3 is 2.46 bits per heavy atom. The second-order valence-corrected chi connectivity index (χ2v) is 9.11. The average molecular weight is 526 g/mol. The molecule has 0 bridgehead atoms. The largest absolute Gasteiger partial charge is 0.497 e. The van der Waals surface area contributed by atoms with Gasteiger partial charge in [-0.1, -0.05) is 59.2 Å². The van der Waals surface area contributed by atoms with Crippen LogP contribution in [0.2, 0.25) is 10.0 Å². The van der Waals surface area contributed by atoms with Crippen molar-refractivity contribution in [3.63, 3.8) is 0 Å². The second kappa shape index (κ2) is 11.4. The molecule has 7 nitrogen and oxygen atoms in total. The summed E-state index contributed by atoms with van der Waals surface area (Å²) in [4.78, 5) is 12.5. The average Bonchev–Trinajstić information content (AvgIpc) is 3.32. The molecule has 178 valence electrons. The van der Waals surface area contributed by atoms with Crippen LogP contribution < -0.4 is 10.2 Å². The van der Waals surface area contributed by atoms with Gasteiger partial charge in [0.25, 0.3) is 5.91 Å². The van der Waals surface area contributed by atoms with Crippen LogP contribution in [0.3, 0.4) is 0 Å². The van der Waals surface area contributed by atoms with Crippen LogP contribution in [-0.4, -0.2) is 39.2 Å². The molecular weight excluding hydrogens is 505 g/mol. The number of para-hydroxylation sites is 1. The van der Waals surface area contributed by atoms with Crippen LogP contribution in [0.5, 0.6) is 5.75 Å². The van der Waals surface area contributed by atoms with Gasteiger partial charge in [0, 0.05) is 11.3 Å². The van der Waals surface area contributed by atoms with E-state index in [2.05, 4.69) is 20.7 Å². The first kappa shape index (κ1) is 24.8. The van der Waals surface area contributed by atoms with Crippen molar-refractivity contribution in [2.24, 2.45) is 5.10 Å². The summed E-state index contributed by atoms with van der Waals surface area (Å²) in [6.45, 7) is 1.78. The minimum absolute atomic E-state index is 0.103. The van der Waals surface area contributed by atoms with Crippen molar-refractivity contribution < 1.29 is 9.53 Å². The minimum atomic E-state index is -0.275. The molecule has 0 unspecified atom stereocenters. The summed E-state index contributed by atoms with van der Waals surface area (Å²) in [5, 5.41) is 14.4. The lowest BCUT2D eigenvalue weighted by Crippen LogP contribution is -2.21. The first-order valence-corrected chi connectivity index (χ1v) is 12.3. The number of methoxy groups -OCH3 is 1. The Kier molecular flexibility index (Phi) is 8.07. The van der Waals surface area contributed by atoms with Crippen LogP contribution in [0.4, 0.5) is 0 Å². The summed E-state index contributed by atoms with van der Waals surface area (Å²) < 4.78 is 7.18. The summed E-state index contributed by atoms with van der Waals surface area (Å²) in [6, 6.07) is 22.5. The summed E-state index contributed by atoms with van der Waals surface area (Å²) in [5.74, 6) is 1.24. The number of halogens is 2. The fourth-order valence-electron chi connectivity index (χ4n) is 3.19. The van der Waals surface area contributed by atoms with Gasteiger partial charge in [0.05, 0.1) is 28.6 Å². The van der Waals surface area contributed by atoms with Gasteiger partial charge in [0.15, 0.2) is 11.0 Å². The van der Waals surface area contributed by atoms with E-state index in [-0.39, 0.29) is 11.7 Å². The van der Waals surface area contributed by atoms with Gasteiger partial charge >= 0.3 is 0 Å². The van der Waals surface area contributed by atoms with Crippen LogP contribution in [0, 0.1) is 0 Å². The quantitative estimate of drug-likeness (QED) is 0.176. The molecule has 0 spiro atoms. The molecule has 4 rings (SSSR count). The highest BCUT2D eigenvalue weighted by Crippen LogP contribution is 2.29. The van der Waals surface area contributed by atoms with Gasteiger partial charge < -0.3 is 4.74 Å². The lowest BCUT2D eigenvalue weighted by atomic mass is 10.1. The lowest BCUT2D eigenvalue weighted by Gasteiger charge is -2.10. The Labute approximate surface area is 217 Å². The number of carbonyl (C=O) groups is 1. The maximum Gasteiger partial charge on any atom is 0.250 e. The van der Waals surface area contributed by atoms with Crippen molar-refractivity contribution >= 4 is 46.6 Å². The molecule has 3 aromatic carbocycles. The molecule has 1 heterocycles. The second-order valence-electron chi connectivity index (χ2n) is 7.36. The van der Waals surface area contributed by atoms with E-state index in [0.717, 1.165) is 22.6 Å². The van der Waals surface area contributed by atoms with Gasteiger partial charge in [-0.3, -0.25) is 9.36 Å². The monoisotopic (exact) mass is 525 g/mol. The number of hydrogen-bond acceptors (Lipinski definition) is 6. The van der Waals surface area contributed by atoms with Gasteiger partial charge in [-0.2, -0.15) is 5.10 Å². The third kappa shape index (κ3) is 6.03. The number of amides is 1. The third-order valence-electron chi connectivity index (χ3n) is 5.01. The fraction of sp³-hybridized carbons (Fsp3) is 0.120. The highest BCUT2D eigenvalue weighted by molar-refractivity contribution is 7.99. The zero-order valence-corrected chi connectivity index (χ0v) is 21.2. The Hall–Kier alpha value is -3.33. The number of nitrogens with one attached hydrogen (secondary N) is 1. The number of thioether (sulfide) groups is 1. The first-order chi connectivity index (χ1) is 17.0. The van der Waals surface area contributed by atoms with E-state index in [4.69, 9.17) is 27.9 Å². The molecule has 4 aromatic rings. The summed E-state index contributed by atoms with van der Waals surface area (Å²) in [7, 11) is 1.62. The first-order valence-electron chi connectivity index (χ1n) is 10.5. The Bertz CT molecular complexity index is 1360. The number of aromatic nitrogens is 3. The van der Waals surface area contributed by atoms with Crippen molar-refractivity contribution in [2.45, 2.75) is 12.1 Å². The van der Waals surface area contributed by atoms with Crippen LogP contribution in [-0.2, 0) is 4.79 Å². The number of benzene rings is 3. The van der Waals surface area contributed by atoms with E-state index in [1.54, 1.807) is 32.2 Å². The fourth-order valence-corrected chi connectivity index (χ4v) is 4.24. The van der Waals surface area contributed by atoms with Gasteiger partial charge in [-0.25, -0.2) is 5.43 Å². The van der Waals surface area contributed by atoms with Crippen LogP contribution in [0.15, 0.2) is 83.1 Å². The highest BCUT2D eigenvalue weighted by Gasteiger charge is 2.17. The summed E-state index contributed by atoms with van der Waals surface area (Å²) >= 11 is 13.3. The molecule has 0 aliphatic rings. The van der Waals surface area contributed by atoms with Crippen molar-refractivity contribution in [3.05, 3.63) is 88.4 Å². The molecule has 0 aliphatic carbocycles. The normalized spacial score (nSPS) is 11.4. The van der Waals surface area contributed by atoms with E-state index < -0.39 is 0 Å². The minimum Gasteiger partial charge on any atom is -0.497 e. The maximum atomic E-state index is 12.5. The number of rotatable bonds is 8. The van der Waals surface area contributed by atoms with Gasteiger partial charge in [-0.05, 0) is 61.0 Å². The van der Waals surface area contributed by atoms with E-state index in [0.29, 0.717) is 26.7 Å². The predicted molar refractivity (Wildman–Crippen MR) is 141 cm³/mol. The van der Waals surface area contributed by atoms with Crippen molar-refractivity contribution in [2.75, 3.05) is 12.9 Å². The molecule has 0 saturated heterocycles. The Balaban J connectivity index is 1.51. The molecule has 0 aliphatic heterocycles. The molecule has 1 amide bonds. The van der Waals surface area contributed by atoms with Crippen molar-refractivity contribution in [3.8, 4) is 22.8 Å². The number of ether oxygens (including phenoxy) is 1. The number of carbonyl (C=O) groups excluding carboxylic acids is 1. The molecule has 1 N–H and O–H groups in total. The molecular formula is C25H21Cl2N5O2S. The highest BCUT2D eigenvalue weighted by atomic mass is 35.5. The SMILES string of the molecule is COc1ccc(-c2nnc(SCC(=O)N/N=C(/C)c3ccc(Cl)c(Cl)c3)n2-c2ccccc2)cc1. The smallest absolute Gasteiger partial charge is 0.250 e. The third-order valence-corrected chi connectivity index (χ3v) is 6.68. The van der Waals surface area contributed by atoms with Crippen LogP contribution >= 0.6 is 35.0 Å². The lowest BCUT2D eigenvalue weighted by molar-refractivity contribution is -0.118. The molecule has 10 heteroatoms. The van der Waals surface area contributed by atoms with Crippen molar-refractivity contribution in [1.29, 1.82) is 0 Å². The zero-order chi connectivity index (χ0) is 24.8. The van der Waals surface area contributed by atoms with E-state index in [1.165, 1.54) is 11.8 Å². The summed E-state index contributed by atoms with van der Waals surface area (Å²) in [6.07, 6.45) is 0. The predicted octanol–water partition coefficient (Wildman–Crippen LogP) is 5.88. The number of nitrogens with zero attached hydrogens (tertiary/aromatic N) is 4. The van der Waals surface area contributed by atoms with Crippen LogP contribution in [0.25, 0.3) is 17.1 Å². The van der Waals surface area contributed by atoms with Crippen molar-refractivity contribution in [1.82, 2.24) is 20.2 Å². The molecule has 0 radical (unpaired) electrons. The van der Waals surface area contributed by atoms with Gasteiger partial charge in [-0.15, -0.1) is 10.2 Å². The Morgan fingerprint density at radius 1 is 1.03 bits per heavy atom. The standard InChI is InChI=1S/C25H21Cl2N5O2S/c1-16(18-10-13-21(26)22(27)14-18)28-29-23(33)15-35-25-31-30-24(17-8-11-20(34-2)12-9-17)32(25)19-6-4-3-5-7-19/h3-14H,15H2,1-2H3,(H,29,33)/b28-16-. The zero-order valence-electron chi connectivity index (χ0n) is 18.9. The maximum absolute atomic E-state index is 12.5. The van der Waals surface area contributed by atoms with Gasteiger partial charge in [0.1, 0.15) is 5.75 Å². The molecule has 0 saturated carbocycles. The Morgan fingerprint density at radius 2 is 1.77 bits per heavy atom. The number of hydrazone groups is 1. The molecule has 0 atom stereocenters. The van der Waals surface area contributed by atoms with Crippen LogP contribution in [0.1, 0.15) is 12.5 Å². The van der Waals surface area contributed by atoms with E-state index >= 15 is 0 Å². The summed E-state index contributed by atoms with van der Waals surface area (Å²) in [5.41, 5.74) is 5.71.